The molecule has 1 aromatic carbocycles. The second-order valence-electron chi connectivity index (χ2n) is 6.42. The van der Waals surface area contributed by atoms with Gasteiger partial charge in [-0.2, -0.15) is 0 Å². The zero-order valence-electron chi connectivity index (χ0n) is 16.7. The van der Waals surface area contributed by atoms with Crippen molar-refractivity contribution >= 4 is 35.0 Å². The maximum atomic E-state index is 12.7. The van der Waals surface area contributed by atoms with Gasteiger partial charge in [0.25, 0.3) is 0 Å². The van der Waals surface area contributed by atoms with Gasteiger partial charge in [0, 0.05) is 18.5 Å². The van der Waals surface area contributed by atoms with E-state index in [1.165, 1.54) is 28.7 Å². The molecule has 3 rings (SSSR count). The minimum atomic E-state index is -0.288. The van der Waals surface area contributed by atoms with E-state index in [9.17, 15) is 9.59 Å². The summed E-state index contributed by atoms with van der Waals surface area (Å²) in [6.45, 7) is 3.36. The Morgan fingerprint density at radius 2 is 1.93 bits per heavy atom. The van der Waals surface area contributed by atoms with Crippen LogP contribution < -0.4 is 9.47 Å². The van der Waals surface area contributed by atoms with Crippen LogP contribution in [0.2, 0.25) is 0 Å². The molecule has 0 aliphatic carbocycles. The largest absolute Gasteiger partial charge is 0.493 e. The molecule has 0 spiro atoms. The number of esters is 1. The molecule has 0 radical (unpaired) electrons. The van der Waals surface area contributed by atoms with Crippen LogP contribution in [0.25, 0.3) is 0 Å². The van der Waals surface area contributed by atoms with Crippen LogP contribution in [0.15, 0.2) is 21.9 Å². The van der Waals surface area contributed by atoms with Crippen LogP contribution in [0.5, 0.6) is 11.5 Å². The molecule has 156 valence electrons. The van der Waals surface area contributed by atoms with Gasteiger partial charge in [-0.15, -0.1) is 11.3 Å². The molecule has 0 fully saturated rings. The van der Waals surface area contributed by atoms with Crippen LogP contribution in [0.1, 0.15) is 23.7 Å². The lowest BCUT2D eigenvalue weighted by Gasteiger charge is -2.29. The molecule has 0 bridgehead atoms. The van der Waals surface area contributed by atoms with E-state index < -0.39 is 0 Å². The fraction of sp³-hybridized carbons (Fsp3) is 0.450. The topological polar surface area (TPSA) is 78.0 Å². The number of hydrogen-bond acceptors (Lipinski definition) is 8. The first kappa shape index (κ1) is 21.4. The lowest BCUT2D eigenvalue weighted by atomic mass is 9.99. The Balaban J connectivity index is 1.56. The Morgan fingerprint density at radius 3 is 2.62 bits per heavy atom. The lowest BCUT2D eigenvalue weighted by molar-refractivity contribution is -0.142. The zero-order chi connectivity index (χ0) is 20.8. The van der Waals surface area contributed by atoms with E-state index in [1.54, 1.807) is 21.1 Å². The van der Waals surface area contributed by atoms with E-state index in [-0.39, 0.29) is 18.3 Å². The Hall–Kier alpha value is -2.26. The normalized spacial score (nSPS) is 13.0. The first-order valence-corrected chi connectivity index (χ1v) is 11.1. The molecule has 1 aliphatic heterocycles. The minimum Gasteiger partial charge on any atom is -0.493 e. The quantitative estimate of drug-likeness (QED) is 0.465. The van der Waals surface area contributed by atoms with Crippen molar-refractivity contribution in [3.05, 3.63) is 34.3 Å². The number of hydrogen-bond donors (Lipinski definition) is 0. The first-order chi connectivity index (χ1) is 14.0. The predicted octanol–water partition coefficient (Wildman–Crippen LogP) is 2.94. The van der Waals surface area contributed by atoms with E-state index in [1.807, 2.05) is 22.4 Å². The van der Waals surface area contributed by atoms with E-state index in [0.29, 0.717) is 42.6 Å². The summed E-state index contributed by atoms with van der Waals surface area (Å²) >= 11 is 2.84. The van der Waals surface area contributed by atoms with E-state index in [4.69, 9.17) is 14.2 Å². The van der Waals surface area contributed by atoms with Crippen molar-refractivity contribution in [1.82, 2.24) is 9.88 Å². The monoisotopic (exact) mass is 436 g/mol. The van der Waals surface area contributed by atoms with Gasteiger partial charge in [-0.3, -0.25) is 9.59 Å². The van der Waals surface area contributed by atoms with Crippen molar-refractivity contribution in [2.24, 2.45) is 0 Å². The average Bonchev–Trinajstić information content (AvgIpc) is 3.17. The number of amides is 1. The molecule has 2 aromatic rings. The smallest absolute Gasteiger partial charge is 0.311 e. The SMILES string of the molecule is CCOC(=O)Cc1csc(SCC(=O)N2CCc3cc(OC)c(OC)cc3C2)n1. The molecule has 7 nitrogen and oxygen atoms in total. The highest BCUT2D eigenvalue weighted by atomic mass is 32.2. The summed E-state index contributed by atoms with van der Waals surface area (Å²) in [6, 6.07) is 3.94. The molecule has 0 unspecified atom stereocenters. The number of fused-ring (bicyclic) bond motifs is 1. The number of carbonyl (C=O) groups excluding carboxylic acids is 2. The molecule has 9 heteroatoms. The van der Waals surface area contributed by atoms with Crippen molar-refractivity contribution in [2.75, 3.05) is 33.1 Å². The van der Waals surface area contributed by atoms with Crippen molar-refractivity contribution in [1.29, 1.82) is 0 Å². The summed E-state index contributed by atoms with van der Waals surface area (Å²) in [5.74, 6) is 1.48. The van der Waals surface area contributed by atoms with Gasteiger partial charge in [0.2, 0.25) is 5.91 Å². The van der Waals surface area contributed by atoms with Gasteiger partial charge < -0.3 is 19.1 Å². The highest BCUT2D eigenvalue weighted by Gasteiger charge is 2.23. The Bertz CT molecular complexity index is 884. The standard InChI is InChI=1S/C20H24N2O5S2/c1-4-27-19(24)9-15-11-28-20(21-15)29-12-18(23)22-6-5-13-7-16(25-2)17(26-3)8-14(13)10-22/h7-8,11H,4-6,9-10,12H2,1-3H3. The van der Waals surface area contributed by atoms with Gasteiger partial charge >= 0.3 is 5.97 Å². The summed E-state index contributed by atoms with van der Waals surface area (Å²) in [5.41, 5.74) is 2.94. The van der Waals surface area contributed by atoms with Crippen LogP contribution in [-0.4, -0.2) is 54.9 Å². The van der Waals surface area contributed by atoms with Crippen molar-refractivity contribution in [3.8, 4) is 11.5 Å². The highest BCUT2D eigenvalue weighted by molar-refractivity contribution is 8.01. The number of benzene rings is 1. The van der Waals surface area contributed by atoms with Crippen LogP contribution >= 0.6 is 23.1 Å². The van der Waals surface area contributed by atoms with Crippen LogP contribution in [0.4, 0.5) is 0 Å². The van der Waals surface area contributed by atoms with Crippen molar-refractivity contribution in [2.45, 2.75) is 30.6 Å². The van der Waals surface area contributed by atoms with Crippen LogP contribution in [-0.2, 0) is 33.7 Å². The second kappa shape index (κ2) is 9.98. The van der Waals surface area contributed by atoms with Gasteiger partial charge in [0.1, 0.15) is 0 Å². The number of nitrogens with zero attached hydrogens (tertiary/aromatic N) is 2. The van der Waals surface area contributed by atoms with Gasteiger partial charge in [0.15, 0.2) is 15.8 Å². The Kier molecular flexibility index (Phi) is 7.38. The van der Waals surface area contributed by atoms with Crippen LogP contribution in [0.3, 0.4) is 0 Å². The number of thiazole rings is 1. The predicted molar refractivity (Wildman–Crippen MR) is 112 cm³/mol. The van der Waals surface area contributed by atoms with E-state index in [2.05, 4.69) is 4.98 Å². The van der Waals surface area contributed by atoms with Gasteiger partial charge in [-0.05, 0) is 36.6 Å². The fourth-order valence-electron chi connectivity index (χ4n) is 3.11. The number of methoxy groups -OCH3 is 2. The Labute approximate surface area is 178 Å². The third kappa shape index (κ3) is 5.42. The molecule has 29 heavy (non-hydrogen) atoms. The summed E-state index contributed by atoms with van der Waals surface area (Å²) < 4.78 is 16.4. The summed E-state index contributed by atoms with van der Waals surface area (Å²) in [4.78, 5) is 30.5. The second-order valence-corrected chi connectivity index (χ2v) is 8.50. The summed E-state index contributed by atoms with van der Waals surface area (Å²) in [5, 5.41) is 1.83. The Morgan fingerprint density at radius 1 is 1.21 bits per heavy atom. The molecular formula is C20H24N2O5S2. The third-order valence-electron chi connectivity index (χ3n) is 4.55. The molecule has 0 saturated carbocycles. The maximum absolute atomic E-state index is 12.7. The van der Waals surface area contributed by atoms with Gasteiger partial charge in [-0.1, -0.05) is 11.8 Å². The van der Waals surface area contributed by atoms with Gasteiger partial charge in [0.05, 0.1) is 38.7 Å². The maximum Gasteiger partial charge on any atom is 0.311 e. The first-order valence-electron chi connectivity index (χ1n) is 9.28. The molecule has 0 saturated heterocycles. The van der Waals surface area contributed by atoms with E-state index in [0.717, 1.165) is 16.3 Å². The van der Waals surface area contributed by atoms with Crippen molar-refractivity contribution < 1.29 is 23.8 Å². The molecule has 0 atom stereocenters. The summed E-state index contributed by atoms with van der Waals surface area (Å²) in [6.07, 6.45) is 0.945. The molecule has 1 aromatic heterocycles. The summed E-state index contributed by atoms with van der Waals surface area (Å²) in [7, 11) is 3.23. The molecule has 2 heterocycles. The average molecular weight is 437 g/mol. The molecule has 1 amide bonds. The highest BCUT2D eigenvalue weighted by Crippen LogP contribution is 2.33. The minimum absolute atomic E-state index is 0.0672. The fourth-order valence-corrected chi connectivity index (χ4v) is 4.85. The number of rotatable bonds is 8. The molecular weight excluding hydrogens is 412 g/mol. The number of carbonyl (C=O) groups is 2. The zero-order valence-corrected chi connectivity index (χ0v) is 18.4. The molecule has 0 N–H and O–H groups in total. The molecule has 1 aliphatic rings. The van der Waals surface area contributed by atoms with Crippen molar-refractivity contribution in [3.63, 3.8) is 0 Å². The van der Waals surface area contributed by atoms with E-state index >= 15 is 0 Å². The number of aromatic nitrogens is 1. The van der Waals surface area contributed by atoms with Gasteiger partial charge in [-0.25, -0.2) is 4.98 Å². The van der Waals surface area contributed by atoms with Crippen LogP contribution in [0, 0.1) is 0 Å². The lowest BCUT2D eigenvalue weighted by Crippen LogP contribution is -2.37. The number of ether oxygens (including phenoxy) is 3. The number of thioether (sulfide) groups is 1. The third-order valence-corrected chi connectivity index (χ3v) is 6.61.